The van der Waals surface area contributed by atoms with Crippen molar-refractivity contribution < 1.29 is 24.2 Å². The van der Waals surface area contributed by atoms with Crippen LogP contribution in [0.3, 0.4) is 0 Å². The van der Waals surface area contributed by atoms with Crippen molar-refractivity contribution in [2.45, 2.75) is 19.9 Å². The number of ether oxygens (including phenoxy) is 2. The molecule has 0 unspecified atom stereocenters. The van der Waals surface area contributed by atoms with Crippen LogP contribution < -0.4 is 19.6 Å². The van der Waals surface area contributed by atoms with Crippen molar-refractivity contribution in [2.75, 3.05) is 20.8 Å². The van der Waals surface area contributed by atoms with Gasteiger partial charge in [0.1, 0.15) is 5.75 Å². The summed E-state index contributed by atoms with van der Waals surface area (Å²) < 4.78 is 12.4. The maximum atomic E-state index is 12.9. The van der Waals surface area contributed by atoms with E-state index >= 15 is 0 Å². The molecule has 0 atom stereocenters. The maximum absolute atomic E-state index is 12.9. The topological polar surface area (TPSA) is 102 Å². The zero-order valence-electron chi connectivity index (χ0n) is 18.1. The number of methoxy groups -OCH3 is 2. The monoisotopic (exact) mass is 455 g/mol. The summed E-state index contributed by atoms with van der Waals surface area (Å²) in [6.45, 7) is 2.54. The molecule has 3 aromatic rings. The van der Waals surface area contributed by atoms with Gasteiger partial charge in [-0.3, -0.25) is 9.59 Å². The molecule has 9 heteroatoms. The predicted molar refractivity (Wildman–Crippen MR) is 122 cm³/mol. The standard InChI is InChI=1S/C23H25N3O5S/c1-15(27)24-11-4-12-26-19(16-5-8-18(28)9-6-16)14-32-23(26)25-22(29)17-7-10-20(30-2)21(13-17)31-3/h5-10,13-14,28H,4,11-12H2,1-3H3,(H,24,27)/b25-23-. The average molecular weight is 456 g/mol. The molecule has 0 bridgehead atoms. The Bertz CT molecular complexity index is 1170. The molecule has 3 rings (SSSR count). The van der Waals surface area contributed by atoms with Gasteiger partial charge in [0.2, 0.25) is 5.91 Å². The molecule has 1 aromatic heterocycles. The molecule has 1 heterocycles. The molecular weight excluding hydrogens is 430 g/mol. The van der Waals surface area contributed by atoms with Gasteiger partial charge in [-0.05, 0) is 54.4 Å². The highest BCUT2D eigenvalue weighted by Gasteiger charge is 2.13. The summed E-state index contributed by atoms with van der Waals surface area (Å²) in [4.78, 5) is 28.9. The number of nitrogens with one attached hydrogen (secondary N) is 1. The number of benzene rings is 2. The lowest BCUT2D eigenvalue weighted by atomic mass is 10.1. The average Bonchev–Trinajstić information content (AvgIpc) is 3.18. The maximum Gasteiger partial charge on any atom is 0.279 e. The van der Waals surface area contributed by atoms with Crippen molar-refractivity contribution in [1.82, 2.24) is 9.88 Å². The first kappa shape index (κ1) is 23.1. The zero-order chi connectivity index (χ0) is 23.1. The van der Waals surface area contributed by atoms with Crippen molar-refractivity contribution in [1.29, 1.82) is 0 Å². The van der Waals surface area contributed by atoms with Crippen molar-refractivity contribution in [3.8, 4) is 28.5 Å². The number of aromatic hydroxyl groups is 1. The third kappa shape index (κ3) is 5.55. The highest BCUT2D eigenvalue weighted by Crippen LogP contribution is 2.28. The third-order valence-electron chi connectivity index (χ3n) is 4.72. The van der Waals surface area contributed by atoms with Crippen LogP contribution >= 0.6 is 11.3 Å². The molecule has 32 heavy (non-hydrogen) atoms. The molecule has 0 fully saturated rings. The Balaban J connectivity index is 1.97. The lowest BCUT2D eigenvalue weighted by Gasteiger charge is -2.10. The van der Waals surface area contributed by atoms with Crippen LogP contribution in [0.25, 0.3) is 11.3 Å². The lowest BCUT2D eigenvalue weighted by molar-refractivity contribution is -0.118. The van der Waals surface area contributed by atoms with Crippen LogP contribution in [0.1, 0.15) is 23.7 Å². The first-order valence-electron chi connectivity index (χ1n) is 9.96. The van der Waals surface area contributed by atoms with E-state index in [1.54, 1.807) is 30.3 Å². The van der Waals surface area contributed by atoms with Crippen LogP contribution in [0.15, 0.2) is 52.8 Å². The van der Waals surface area contributed by atoms with Gasteiger partial charge in [0.05, 0.1) is 19.9 Å². The van der Waals surface area contributed by atoms with E-state index in [0.717, 1.165) is 11.3 Å². The van der Waals surface area contributed by atoms with E-state index < -0.39 is 5.91 Å². The minimum absolute atomic E-state index is 0.0902. The Hall–Kier alpha value is -3.59. The molecule has 0 radical (unpaired) electrons. The summed E-state index contributed by atoms with van der Waals surface area (Å²) in [7, 11) is 3.04. The van der Waals surface area contributed by atoms with Crippen LogP contribution in [0.2, 0.25) is 0 Å². The Kier molecular flexibility index (Phi) is 7.67. The number of rotatable bonds is 8. The Morgan fingerprint density at radius 2 is 1.81 bits per heavy atom. The normalized spacial score (nSPS) is 11.3. The van der Waals surface area contributed by atoms with E-state index in [2.05, 4.69) is 10.3 Å². The summed E-state index contributed by atoms with van der Waals surface area (Å²) in [6.07, 6.45) is 0.666. The number of phenols is 1. The molecule has 2 N–H and O–H groups in total. The second-order valence-electron chi connectivity index (χ2n) is 6.93. The van der Waals surface area contributed by atoms with Crippen molar-refractivity contribution in [3.63, 3.8) is 0 Å². The van der Waals surface area contributed by atoms with Crippen molar-refractivity contribution in [3.05, 3.63) is 58.2 Å². The fourth-order valence-corrected chi connectivity index (χ4v) is 4.05. The van der Waals surface area contributed by atoms with Gasteiger partial charge in [-0.1, -0.05) is 0 Å². The van der Waals surface area contributed by atoms with Crippen LogP contribution in [-0.4, -0.2) is 42.3 Å². The SMILES string of the molecule is COc1ccc(C(=O)/N=c2\scc(-c3ccc(O)cc3)n2CCCNC(C)=O)cc1OC. The number of phenolic OH excluding ortho intramolecular Hbond substituents is 1. The molecule has 0 saturated heterocycles. The van der Waals surface area contributed by atoms with Gasteiger partial charge in [-0.15, -0.1) is 11.3 Å². The second-order valence-corrected chi connectivity index (χ2v) is 7.76. The van der Waals surface area contributed by atoms with E-state index in [0.29, 0.717) is 41.4 Å². The molecule has 168 valence electrons. The third-order valence-corrected chi connectivity index (χ3v) is 5.58. The number of carbonyl (C=O) groups excluding carboxylic acids is 2. The summed E-state index contributed by atoms with van der Waals surface area (Å²) in [5.74, 6) is 0.665. The number of carbonyl (C=O) groups is 2. The molecule has 0 saturated carbocycles. The molecule has 0 aliphatic carbocycles. The smallest absolute Gasteiger partial charge is 0.279 e. The van der Waals surface area contributed by atoms with E-state index in [1.165, 1.54) is 32.5 Å². The van der Waals surface area contributed by atoms with E-state index in [1.807, 2.05) is 22.1 Å². The first-order chi connectivity index (χ1) is 15.4. The number of thiazole rings is 1. The first-order valence-corrected chi connectivity index (χ1v) is 10.8. The predicted octanol–water partition coefficient (Wildman–Crippen LogP) is 3.21. The van der Waals surface area contributed by atoms with Crippen LogP contribution in [0.5, 0.6) is 17.2 Å². The van der Waals surface area contributed by atoms with E-state index in [-0.39, 0.29) is 11.7 Å². The minimum atomic E-state index is -0.402. The van der Waals surface area contributed by atoms with Crippen molar-refractivity contribution >= 4 is 23.2 Å². The van der Waals surface area contributed by atoms with Gasteiger partial charge in [0.25, 0.3) is 5.91 Å². The number of nitrogens with zero attached hydrogens (tertiary/aromatic N) is 2. The molecule has 2 aromatic carbocycles. The largest absolute Gasteiger partial charge is 0.508 e. The van der Waals surface area contributed by atoms with Gasteiger partial charge in [0.15, 0.2) is 16.3 Å². The summed E-state index contributed by atoms with van der Waals surface area (Å²) >= 11 is 1.35. The highest BCUT2D eigenvalue weighted by molar-refractivity contribution is 7.07. The van der Waals surface area contributed by atoms with Gasteiger partial charge in [0, 0.05) is 31.0 Å². The molecule has 0 spiro atoms. The highest BCUT2D eigenvalue weighted by atomic mass is 32.1. The van der Waals surface area contributed by atoms with E-state index in [4.69, 9.17) is 9.47 Å². The van der Waals surface area contributed by atoms with Crippen LogP contribution in [0.4, 0.5) is 0 Å². The molecule has 2 amide bonds. The Morgan fingerprint density at radius 3 is 2.47 bits per heavy atom. The van der Waals surface area contributed by atoms with Gasteiger partial charge >= 0.3 is 0 Å². The van der Waals surface area contributed by atoms with Crippen molar-refractivity contribution in [2.24, 2.45) is 4.99 Å². The minimum Gasteiger partial charge on any atom is -0.508 e. The number of aromatic nitrogens is 1. The summed E-state index contributed by atoms with van der Waals surface area (Å²) in [5.41, 5.74) is 2.14. The Morgan fingerprint density at radius 1 is 1.09 bits per heavy atom. The Labute approximate surface area is 189 Å². The second kappa shape index (κ2) is 10.6. The van der Waals surface area contributed by atoms with Gasteiger partial charge in [-0.25, -0.2) is 0 Å². The van der Waals surface area contributed by atoms with Crippen LogP contribution in [0, 0.1) is 0 Å². The zero-order valence-corrected chi connectivity index (χ0v) is 18.9. The van der Waals surface area contributed by atoms with E-state index in [9.17, 15) is 14.7 Å². The molecule has 0 aliphatic rings. The number of hydrogen-bond acceptors (Lipinski definition) is 6. The fourth-order valence-electron chi connectivity index (χ4n) is 3.12. The summed E-state index contributed by atoms with van der Waals surface area (Å²) in [5, 5.41) is 14.3. The van der Waals surface area contributed by atoms with Gasteiger partial charge < -0.3 is 24.5 Å². The number of hydrogen-bond donors (Lipinski definition) is 2. The molecular formula is C23H25N3O5S. The quantitative estimate of drug-likeness (QED) is 0.508. The fraction of sp³-hybridized carbons (Fsp3) is 0.261. The lowest BCUT2D eigenvalue weighted by Crippen LogP contribution is -2.24. The summed E-state index contributed by atoms with van der Waals surface area (Å²) in [6, 6.07) is 11.7. The van der Waals surface area contributed by atoms with Crippen LogP contribution in [-0.2, 0) is 11.3 Å². The molecule has 8 nitrogen and oxygen atoms in total. The molecule has 0 aliphatic heterocycles. The number of amides is 2. The van der Waals surface area contributed by atoms with Gasteiger partial charge in [-0.2, -0.15) is 4.99 Å².